The number of sulfone groups is 1. The number of hydrogen-bond donors (Lipinski definition) is 0. The first-order valence-electron chi connectivity index (χ1n) is 9.34. The second-order valence-corrected chi connectivity index (χ2v) is 9.91. The molecule has 0 unspecified atom stereocenters. The molecule has 1 aromatic heterocycles. The van der Waals surface area contributed by atoms with E-state index in [4.69, 9.17) is 11.6 Å². The van der Waals surface area contributed by atoms with Crippen LogP contribution >= 0.6 is 11.6 Å². The van der Waals surface area contributed by atoms with Gasteiger partial charge in [0.15, 0.2) is 9.84 Å². The van der Waals surface area contributed by atoms with Crippen molar-refractivity contribution in [2.24, 2.45) is 5.92 Å². The summed E-state index contributed by atoms with van der Waals surface area (Å²) in [6.07, 6.45) is 4.28. The lowest BCUT2D eigenvalue weighted by molar-refractivity contribution is 0.582. The zero-order valence-corrected chi connectivity index (χ0v) is 18.2. The average Bonchev–Trinajstić information content (AvgIpc) is 2.66. The van der Waals surface area contributed by atoms with Crippen LogP contribution in [0.5, 0.6) is 0 Å². The lowest BCUT2D eigenvalue weighted by Crippen LogP contribution is -2.26. The molecule has 3 aromatic rings. The topological polar surface area (TPSA) is 69.0 Å². The minimum Gasteiger partial charge on any atom is -0.267 e. The number of nitrogens with zero attached hydrogens (tertiary/aromatic N) is 2. The Morgan fingerprint density at radius 2 is 1.79 bits per heavy atom. The molecule has 3 rings (SSSR count). The summed E-state index contributed by atoms with van der Waals surface area (Å²) in [5.74, 6) is 0.433. The van der Waals surface area contributed by atoms with Gasteiger partial charge in [0.25, 0.3) is 5.56 Å². The molecule has 0 fully saturated rings. The van der Waals surface area contributed by atoms with E-state index in [0.29, 0.717) is 34.2 Å². The van der Waals surface area contributed by atoms with Gasteiger partial charge < -0.3 is 0 Å². The predicted octanol–water partition coefficient (Wildman–Crippen LogP) is 4.55. The molecule has 1 heterocycles. The van der Waals surface area contributed by atoms with Crippen LogP contribution in [0.15, 0.2) is 64.4 Å². The molecule has 5 nitrogen and oxygen atoms in total. The first kappa shape index (κ1) is 21.3. The number of halogens is 1. The average molecular weight is 431 g/mol. The Hall–Kier alpha value is -2.44. The predicted molar refractivity (Wildman–Crippen MR) is 117 cm³/mol. The van der Waals surface area contributed by atoms with Crippen LogP contribution in [0, 0.1) is 5.92 Å². The Balaban J connectivity index is 2.14. The van der Waals surface area contributed by atoms with Gasteiger partial charge in [0.1, 0.15) is 0 Å². The highest BCUT2D eigenvalue weighted by atomic mass is 35.5. The third kappa shape index (κ3) is 4.95. The van der Waals surface area contributed by atoms with E-state index in [1.54, 1.807) is 54.7 Å². The molecule has 0 aliphatic rings. The van der Waals surface area contributed by atoms with Gasteiger partial charge in [0.05, 0.1) is 16.8 Å². The molecule has 0 radical (unpaired) electrons. The Morgan fingerprint density at radius 1 is 1.10 bits per heavy atom. The SMILES string of the molecule is CC(C)CCc1c(-c2ccc(S(C)(=O)=O)cc2)cnn(-c2cccc(Cl)c2)c1=O. The lowest BCUT2D eigenvalue weighted by Gasteiger charge is -2.14. The van der Waals surface area contributed by atoms with E-state index in [-0.39, 0.29) is 10.5 Å². The Labute approximate surface area is 175 Å². The Bertz CT molecular complexity index is 1180. The van der Waals surface area contributed by atoms with E-state index < -0.39 is 9.84 Å². The molecule has 0 aliphatic heterocycles. The summed E-state index contributed by atoms with van der Waals surface area (Å²) in [7, 11) is -3.28. The third-order valence-corrected chi connectivity index (χ3v) is 6.06. The molecule has 7 heteroatoms. The van der Waals surface area contributed by atoms with E-state index in [1.165, 1.54) is 10.9 Å². The van der Waals surface area contributed by atoms with E-state index in [1.807, 2.05) is 0 Å². The molecule has 0 saturated heterocycles. The van der Waals surface area contributed by atoms with Crippen molar-refractivity contribution in [3.05, 3.63) is 75.7 Å². The van der Waals surface area contributed by atoms with Gasteiger partial charge in [-0.3, -0.25) is 4.79 Å². The van der Waals surface area contributed by atoms with Gasteiger partial charge in [-0.25, -0.2) is 8.42 Å². The van der Waals surface area contributed by atoms with Crippen LogP contribution < -0.4 is 5.56 Å². The zero-order chi connectivity index (χ0) is 21.2. The minimum atomic E-state index is -3.28. The van der Waals surface area contributed by atoms with Crippen molar-refractivity contribution in [1.29, 1.82) is 0 Å². The summed E-state index contributed by atoms with van der Waals surface area (Å²) in [5, 5.41) is 4.88. The van der Waals surface area contributed by atoms with E-state index in [0.717, 1.165) is 12.0 Å². The summed E-state index contributed by atoms with van der Waals surface area (Å²) in [6.45, 7) is 4.22. The summed E-state index contributed by atoms with van der Waals surface area (Å²) >= 11 is 6.08. The molecule has 2 aromatic carbocycles. The molecule has 152 valence electrons. The van der Waals surface area contributed by atoms with Crippen LogP contribution in [0.1, 0.15) is 25.8 Å². The Kier molecular flexibility index (Phi) is 6.24. The molecule has 0 aliphatic carbocycles. The molecule has 0 spiro atoms. The fourth-order valence-electron chi connectivity index (χ4n) is 3.09. The van der Waals surface area contributed by atoms with Gasteiger partial charge in [-0.05, 0) is 54.7 Å². The normalized spacial score (nSPS) is 11.8. The molecule has 0 N–H and O–H groups in total. The first-order valence-corrected chi connectivity index (χ1v) is 11.6. The lowest BCUT2D eigenvalue weighted by atomic mass is 9.96. The summed E-state index contributed by atoms with van der Waals surface area (Å²) < 4.78 is 24.8. The minimum absolute atomic E-state index is 0.197. The first-order chi connectivity index (χ1) is 13.7. The van der Waals surface area contributed by atoms with Crippen LogP contribution in [0.4, 0.5) is 0 Å². The highest BCUT2D eigenvalue weighted by Crippen LogP contribution is 2.25. The van der Waals surface area contributed by atoms with Crippen molar-refractivity contribution in [3.8, 4) is 16.8 Å². The highest BCUT2D eigenvalue weighted by molar-refractivity contribution is 7.90. The number of aromatic nitrogens is 2. The molecular weight excluding hydrogens is 408 g/mol. The highest BCUT2D eigenvalue weighted by Gasteiger charge is 2.16. The maximum Gasteiger partial charge on any atom is 0.275 e. The van der Waals surface area contributed by atoms with Gasteiger partial charge in [0.2, 0.25) is 0 Å². The maximum absolute atomic E-state index is 13.3. The van der Waals surface area contributed by atoms with Crippen molar-refractivity contribution >= 4 is 21.4 Å². The van der Waals surface area contributed by atoms with E-state index >= 15 is 0 Å². The van der Waals surface area contributed by atoms with Crippen molar-refractivity contribution < 1.29 is 8.42 Å². The van der Waals surface area contributed by atoms with Crippen molar-refractivity contribution in [2.45, 2.75) is 31.6 Å². The van der Waals surface area contributed by atoms with E-state index in [2.05, 4.69) is 18.9 Å². The largest absolute Gasteiger partial charge is 0.275 e. The fraction of sp³-hybridized carbons (Fsp3) is 0.273. The number of rotatable bonds is 6. The number of benzene rings is 2. The monoisotopic (exact) mass is 430 g/mol. The molecular formula is C22H23ClN2O3S. The fourth-order valence-corrected chi connectivity index (χ4v) is 3.90. The smallest absolute Gasteiger partial charge is 0.267 e. The molecule has 29 heavy (non-hydrogen) atoms. The van der Waals surface area contributed by atoms with Crippen LogP contribution in [0.3, 0.4) is 0 Å². The van der Waals surface area contributed by atoms with Crippen molar-refractivity contribution in [3.63, 3.8) is 0 Å². The maximum atomic E-state index is 13.3. The standard InChI is InChI=1S/C22H23ClN2O3S/c1-15(2)7-12-20-21(16-8-10-19(11-9-16)29(3,27)28)14-24-25(22(20)26)18-6-4-5-17(23)13-18/h4-6,8-11,13-15H,7,12H2,1-3H3. The Morgan fingerprint density at radius 3 is 2.38 bits per heavy atom. The van der Waals surface area contributed by atoms with Crippen LogP contribution in [0.2, 0.25) is 5.02 Å². The van der Waals surface area contributed by atoms with Crippen molar-refractivity contribution in [2.75, 3.05) is 6.26 Å². The summed E-state index contributed by atoms with van der Waals surface area (Å²) in [5.41, 5.74) is 2.54. The van der Waals surface area contributed by atoms with Gasteiger partial charge >= 0.3 is 0 Å². The van der Waals surface area contributed by atoms with Gasteiger partial charge in [0, 0.05) is 22.4 Å². The molecule has 0 atom stereocenters. The summed E-state index contributed by atoms with van der Waals surface area (Å²) in [4.78, 5) is 13.5. The van der Waals surface area contributed by atoms with Crippen LogP contribution in [-0.4, -0.2) is 24.5 Å². The van der Waals surface area contributed by atoms with Gasteiger partial charge in [-0.1, -0.05) is 43.6 Å². The number of hydrogen-bond acceptors (Lipinski definition) is 4. The zero-order valence-electron chi connectivity index (χ0n) is 16.6. The quantitative estimate of drug-likeness (QED) is 0.575. The van der Waals surface area contributed by atoms with Gasteiger partial charge in [-0.15, -0.1) is 0 Å². The van der Waals surface area contributed by atoms with Gasteiger partial charge in [-0.2, -0.15) is 9.78 Å². The second kappa shape index (κ2) is 8.51. The van der Waals surface area contributed by atoms with Crippen LogP contribution in [-0.2, 0) is 16.3 Å². The molecule has 0 amide bonds. The second-order valence-electron chi connectivity index (χ2n) is 7.46. The van der Waals surface area contributed by atoms with Crippen LogP contribution in [0.25, 0.3) is 16.8 Å². The molecule has 0 bridgehead atoms. The van der Waals surface area contributed by atoms with Crippen molar-refractivity contribution in [1.82, 2.24) is 9.78 Å². The third-order valence-electron chi connectivity index (χ3n) is 4.70. The molecule has 0 saturated carbocycles. The van der Waals surface area contributed by atoms with E-state index in [9.17, 15) is 13.2 Å². The summed E-state index contributed by atoms with van der Waals surface area (Å²) in [6, 6.07) is 13.5.